The number of anilines is 1. The number of methoxy groups -OCH3 is 1. The van der Waals surface area contributed by atoms with E-state index < -0.39 is 0 Å². The van der Waals surface area contributed by atoms with Gasteiger partial charge in [-0.1, -0.05) is 74.0 Å². The van der Waals surface area contributed by atoms with Crippen LogP contribution in [0.1, 0.15) is 51.6 Å². The molecule has 1 fully saturated rings. The molecule has 2 aliphatic rings. The number of likely N-dealkylation sites (N-methyl/N-ethyl adjacent to an activating group) is 1. The van der Waals surface area contributed by atoms with Crippen LogP contribution in [0.3, 0.4) is 0 Å². The lowest BCUT2D eigenvalue weighted by molar-refractivity contribution is 0.0535. The van der Waals surface area contributed by atoms with Gasteiger partial charge in [-0.05, 0) is 55.3 Å². The summed E-state index contributed by atoms with van der Waals surface area (Å²) in [5.41, 5.74) is 5.45. The number of aromatic hydroxyl groups is 1. The lowest BCUT2D eigenvalue weighted by Gasteiger charge is -2.41. The van der Waals surface area contributed by atoms with E-state index in [1.807, 2.05) is 81.2 Å². The molecule has 5 aromatic rings. The molecule has 4 aromatic carbocycles. The third kappa shape index (κ3) is 8.19. The number of fused-ring (bicyclic) bond motifs is 2. The van der Waals surface area contributed by atoms with Gasteiger partial charge < -0.3 is 29.1 Å². The first-order valence-corrected chi connectivity index (χ1v) is 18.0. The van der Waals surface area contributed by atoms with Crippen molar-refractivity contribution in [2.75, 3.05) is 58.3 Å². The lowest BCUT2D eigenvalue weighted by Crippen LogP contribution is -2.53. The van der Waals surface area contributed by atoms with E-state index in [4.69, 9.17) is 4.74 Å². The number of ether oxygens (including phenoxy) is 1. The van der Waals surface area contributed by atoms with Crippen LogP contribution in [0.4, 0.5) is 5.69 Å². The Morgan fingerprint density at radius 2 is 1.55 bits per heavy atom. The van der Waals surface area contributed by atoms with E-state index in [1.54, 1.807) is 6.07 Å². The molecule has 2 aliphatic heterocycles. The number of carbonyl (C=O) groups is 2. The summed E-state index contributed by atoms with van der Waals surface area (Å²) in [7, 11) is 3.65. The van der Waals surface area contributed by atoms with Gasteiger partial charge in [-0.2, -0.15) is 0 Å². The van der Waals surface area contributed by atoms with Gasteiger partial charge in [-0.3, -0.25) is 14.5 Å². The summed E-state index contributed by atoms with van der Waals surface area (Å²) in [6.45, 7) is 7.84. The second-order valence-electron chi connectivity index (χ2n) is 13.8. The van der Waals surface area contributed by atoms with Gasteiger partial charge in [-0.25, -0.2) is 0 Å². The van der Waals surface area contributed by atoms with Crippen molar-refractivity contribution in [2.24, 2.45) is 0 Å². The van der Waals surface area contributed by atoms with Gasteiger partial charge in [0.05, 0.1) is 29.4 Å². The van der Waals surface area contributed by atoms with E-state index in [-0.39, 0.29) is 54.2 Å². The van der Waals surface area contributed by atoms with Crippen molar-refractivity contribution in [1.29, 1.82) is 0 Å². The maximum atomic E-state index is 15.0. The highest BCUT2D eigenvalue weighted by Gasteiger charge is 2.34. The molecule has 0 aliphatic carbocycles. The van der Waals surface area contributed by atoms with E-state index in [0.29, 0.717) is 29.9 Å². The number of rotatable bonds is 10. The van der Waals surface area contributed by atoms with Crippen molar-refractivity contribution in [3.63, 3.8) is 0 Å². The fourth-order valence-corrected chi connectivity index (χ4v) is 7.53. The molecule has 9 nitrogen and oxygen atoms in total. The molecule has 2 amide bonds. The molecule has 53 heavy (non-hydrogen) atoms. The van der Waals surface area contributed by atoms with Gasteiger partial charge >= 0.3 is 0 Å². The summed E-state index contributed by atoms with van der Waals surface area (Å²) in [5, 5.41) is 11.9. The number of carbonyl (C=O) groups excluding carboxylic acids is 2. The maximum Gasteiger partial charge on any atom is 0.260 e. The number of nitrogens with zero attached hydrogens (tertiary/aromatic N) is 5. The maximum absolute atomic E-state index is 15.0. The zero-order valence-corrected chi connectivity index (χ0v) is 32.2. The van der Waals surface area contributed by atoms with Gasteiger partial charge in [0.2, 0.25) is 0 Å². The fourth-order valence-electron chi connectivity index (χ4n) is 7.53. The smallest absolute Gasteiger partial charge is 0.260 e. The highest BCUT2D eigenvalue weighted by atomic mass is 35.5. The minimum absolute atomic E-state index is 0. The molecular weight excluding hydrogens is 709 g/mol. The number of para-hydroxylation sites is 2. The number of hydrogen-bond acceptors (Lipinski definition) is 6. The number of phenols is 1. The third-order valence-electron chi connectivity index (χ3n) is 10.5. The van der Waals surface area contributed by atoms with Crippen LogP contribution in [-0.2, 0) is 13.0 Å². The first kappa shape index (κ1) is 39.7. The molecule has 0 bridgehead atoms. The van der Waals surface area contributed by atoms with Gasteiger partial charge in [0.15, 0.2) is 11.5 Å². The molecule has 280 valence electrons. The molecule has 0 radical (unpaired) electrons. The Morgan fingerprint density at radius 3 is 2.26 bits per heavy atom. The van der Waals surface area contributed by atoms with Crippen LogP contribution in [0, 0.1) is 0 Å². The van der Waals surface area contributed by atoms with E-state index in [1.165, 1.54) is 18.7 Å². The number of phenolic OH excluding ortho intramolecular Hbond substituents is 1. The Balaban J connectivity index is 0.00000271. The molecule has 3 heterocycles. The van der Waals surface area contributed by atoms with Crippen molar-refractivity contribution in [1.82, 2.24) is 19.3 Å². The quantitative estimate of drug-likeness (QED) is 0.160. The predicted molar refractivity (Wildman–Crippen MR) is 217 cm³/mol. The number of halogens is 2. The van der Waals surface area contributed by atoms with E-state index in [0.717, 1.165) is 74.1 Å². The van der Waals surface area contributed by atoms with Gasteiger partial charge in [0.1, 0.15) is 0 Å². The number of piperazine rings is 1. The monoisotopic (exact) mass is 757 g/mol. The highest BCUT2D eigenvalue weighted by Crippen LogP contribution is 2.37. The van der Waals surface area contributed by atoms with Gasteiger partial charge in [0, 0.05) is 75.2 Å². The molecule has 1 aromatic heterocycles. The summed E-state index contributed by atoms with van der Waals surface area (Å²) in [5.74, 6) is -0.140. The Morgan fingerprint density at radius 1 is 0.868 bits per heavy atom. The molecule has 0 unspecified atom stereocenters. The van der Waals surface area contributed by atoms with E-state index >= 15 is 4.79 Å². The fraction of sp³-hybridized carbons (Fsp3) is 0.333. The molecule has 11 heteroatoms. The average molecular weight is 759 g/mol. The number of benzene rings is 4. The minimum atomic E-state index is -0.170. The molecule has 1 N–H and O–H groups in total. The van der Waals surface area contributed by atoms with Crippen molar-refractivity contribution in [3.05, 3.63) is 119 Å². The second-order valence-corrected chi connectivity index (χ2v) is 13.8. The first-order chi connectivity index (χ1) is 24.9. The van der Waals surface area contributed by atoms with Gasteiger partial charge in [0.25, 0.3) is 11.8 Å². The normalized spacial score (nSPS) is 16.0. The topological polar surface area (TPSA) is 81.5 Å². The van der Waals surface area contributed by atoms with Crippen LogP contribution in [-0.4, -0.2) is 95.7 Å². The summed E-state index contributed by atoms with van der Waals surface area (Å²) in [6.07, 6.45) is 4.41. The molecule has 1 atom stereocenters. The Hall–Kier alpha value is -4.54. The van der Waals surface area contributed by atoms with Crippen molar-refractivity contribution >= 4 is 53.2 Å². The second kappa shape index (κ2) is 17.5. The molecule has 7 rings (SSSR count). The van der Waals surface area contributed by atoms with Crippen LogP contribution in [0.25, 0.3) is 16.6 Å². The van der Waals surface area contributed by atoms with Crippen LogP contribution >= 0.6 is 24.8 Å². The Labute approximate surface area is 324 Å². The standard InChI is InChI=1S/C42H47N5O4.2ClH/c1-4-5-19-45(32-15-7-6-8-16-32)42(50)36-29-47(37-18-12-11-17-34(36)37)38-26-40(51-3)39(48)25-35(38)41(49)46-27-31-14-10-9-13-30(31)24-33(46)28-44-22-20-43(2)21-23-44;;/h6-18,25-26,29,33,48H,4-5,19-24,27-28H2,1-3H3;2*1H/t33-;;/m0../s1. The number of hydrogen-bond donors (Lipinski definition) is 1. The van der Waals surface area contributed by atoms with E-state index in [9.17, 15) is 9.90 Å². The number of unbranched alkanes of at least 4 members (excludes halogenated alkanes) is 1. The van der Waals surface area contributed by atoms with Crippen LogP contribution in [0.2, 0.25) is 0 Å². The van der Waals surface area contributed by atoms with Crippen molar-refractivity contribution in [3.8, 4) is 17.2 Å². The summed E-state index contributed by atoms with van der Waals surface area (Å²) >= 11 is 0. The average Bonchev–Trinajstić information content (AvgIpc) is 3.55. The number of amides is 2. The predicted octanol–water partition coefficient (Wildman–Crippen LogP) is 7.45. The summed E-state index contributed by atoms with van der Waals surface area (Å²) in [4.78, 5) is 38.1. The third-order valence-corrected chi connectivity index (χ3v) is 10.5. The first-order valence-electron chi connectivity index (χ1n) is 18.0. The Bertz CT molecular complexity index is 2030. The minimum Gasteiger partial charge on any atom is -0.504 e. The molecule has 0 spiro atoms. The van der Waals surface area contributed by atoms with Crippen LogP contribution in [0.15, 0.2) is 97.2 Å². The highest BCUT2D eigenvalue weighted by molar-refractivity contribution is 6.14. The Kier molecular flexibility index (Phi) is 13.1. The van der Waals surface area contributed by atoms with Crippen molar-refractivity contribution in [2.45, 2.75) is 38.8 Å². The van der Waals surface area contributed by atoms with Crippen LogP contribution in [0.5, 0.6) is 11.5 Å². The largest absolute Gasteiger partial charge is 0.504 e. The van der Waals surface area contributed by atoms with Gasteiger partial charge in [-0.15, -0.1) is 24.8 Å². The zero-order chi connectivity index (χ0) is 35.5. The van der Waals surface area contributed by atoms with E-state index in [2.05, 4.69) is 42.0 Å². The van der Waals surface area contributed by atoms with Crippen molar-refractivity contribution < 1.29 is 19.4 Å². The summed E-state index contributed by atoms with van der Waals surface area (Å²) < 4.78 is 7.51. The molecule has 1 saturated heterocycles. The zero-order valence-electron chi connectivity index (χ0n) is 30.6. The lowest BCUT2D eigenvalue weighted by atomic mass is 9.92. The summed E-state index contributed by atoms with van der Waals surface area (Å²) in [6, 6.07) is 29.1. The SMILES string of the molecule is CCCCN(C(=O)c1cn(-c2cc(OC)c(O)cc2C(=O)N2Cc3ccccc3C[C@H]2CN2CCN(C)CC2)c2ccccc12)c1ccccc1.Cl.Cl. The molecular formula is C42H49Cl2N5O4. The number of aromatic nitrogens is 1. The molecule has 0 saturated carbocycles. The van der Waals surface area contributed by atoms with Crippen LogP contribution < -0.4 is 9.64 Å².